The van der Waals surface area contributed by atoms with Gasteiger partial charge >= 0.3 is 0 Å². The van der Waals surface area contributed by atoms with Crippen LogP contribution in [0.1, 0.15) is 33.1 Å². The minimum Gasteiger partial charge on any atom is -0.343 e. The molecule has 1 saturated heterocycles. The van der Waals surface area contributed by atoms with E-state index < -0.39 is 9.84 Å². The van der Waals surface area contributed by atoms with Crippen molar-refractivity contribution < 1.29 is 13.2 Å². The highest BCUT2D eigenvalue weighted by atomic mass is 32.2. The second-order valence-corrected chi connectivity index (χ2v) is 7.08. The summed E-state index contributed by atoms with van der Waals surface area (Å²) in [5.41, 5.74) is 0. The molecule has 1 aliphatic heterocycles. The molecular weight excluding hydrogens is 252 g/mol. The molecule has 18 heavy (non-hydrogen) atoms. The normalized spacial score (nSPS) is 22.7. The fraction of sp³-hybridized carbons (Fsp3) is 0.917. The maximum Gasteiger partial charge on any atom is 0.224 e. The molecule has 106 valence electrons. The summed E-state index contributed by atoms with van der Waals surface area (Å²) >= 11 is 0. The van der Waals surface area contributed by atoms with Crippen LogP contribution in [0.25, 0.3) is 0 Å². The van der Waals surface area contributed by atoms with Crippen LogP contribution in [0.3, 0.4) is 0 Å². The fourth-order valence-corrected chi connectivity index (χ4v) is 3.68. The van der Waals surface area contributed by atoms with E-state index in [-0.39, 0.29) is 23.5 Å². The minimum atomic E-state index is -2.96. The van der Waals surface area contributed by atoms with Gasteiger partial charge in [0, 0.05) is 32.1 Å². The van der Waals surface area contributed by atoms with Gasteiger partial charge in [0.05, 0.1) is 11.5 Å². The Morgan fingerprint density at radius 3 is 2.39 bits per heavy atom. The molecule has 1 aliphatic rings. The average molecular weight is 276 g/mol. The van der Waals surface area contributed by atoms with E-state index in [1.165, 1.54) is 0 Å². The van der Waals surface area contributed by atoms with Crippen molar-refractivity contribution in [1.82, 2.24) is 10.2 Å². The zero-order valence-corrected chi connectivity index (χ0v) is 12.1. The summed E-state index contributed by atoms with van der Waals surface area (Å²) in [5, 5.41) is 3.12. The van der Waals surface area contributed by atoms with Crippen molar-refractivity contribution >= 4 is 15.7 Å². The Bertz CT molecular complexity index is 362. The van der Waals surface area contributed by atoms with Gasteiger partial charge in [-0.05, 0) is 12.8 Å². The number of nitrogens with one attached hydrogen (secondary N) is 1. The summed E-state index contributed by atoms with van der Waals surface area (Å²) in [7, 11) is -2.96. The van der Waals surface area contributed by atoms with E-state index >= 15 is 0 Å². The lowest BCUT2D eigenvalue weighted by Crippen LogP contribution is -2.48. The Kier molecular flexibility index (Phi) is 6.08. The van der Waals surface area contributed by atoms with Crippen molar-refractivity contribution in [3.05, 3.63) is 0 Å². The molecule has 0 aromatic rings. The monoisotopic (exact) mass is 276 g/mol. The zero-order chi connectivity index (χ0) is 13.6. The second-order valence-electron chi connectivity index (χ2n) is 4.85. The Morgan fingerprint density at radius 2 is 1.89 bits per heavy atom. The first-order chi connectivity index (χ1) is 8.48. The van der Waals surface area contributed by atoms with Crippen LogP contribution in [-0.2, 0) is 14.6 Å². The van der Waals surface area contributed by atoms with E-state index in [4.69, 9.17) is 0 Å². The van der Waals surface area contributed by atoms with Gasteiger partial charge in [0.1, 0.15) is 0 Å². The molecule has 5 nitrogen and oxygen atoms in total. The Balaban J connectivity index is 2.51. The van der Waals surface area contributed by atoms with Crippen LogP contribution in [0, 0.1) is 0 Å². The zero-order valence-electron chi connectivity index (χ0n) is 11.3. The summed E-state index contributed by atoms with van der Waals surface area (Å²) in [6.45, 7) is 6.05. The largest absolute Gasteiger partial charge is 0.343 e. The number of nitrogens with zero attached hydrogens (tertiary/aromatic N) is 1. The molecule has 0 bridgehead atoms. The van der Waals surface area contributed by atoms with Gasteiger partial charge < -0.3 is 10.2 Å². The molecule has 1 fully saturated rings. The first-order valence-corrected chi connectivity index (χ1v) is 8.52. The second kappa shape index (κ2) is 7.09. The van der Waals surface area contributed by atoms with Crippen LogP contribution in [0.2, 0.25) is 0 Å². The van der Waals surface area contributed by atoms with E-state index in [0.717, 1.165) is 25.9 Å². The standard InChI is InChI=1S/C12H24N2O3S/c1-3-6-14(7-4-2)12(15)9-11-10-18(16,17)8-5-13-11/h11,13H,3-10H2,1-2H3. The molecule has 1 atom stereocenters. The number of carbonyl (C=O) groups is 1. The van der Waals surface area contributed by atoms with Gasteiger partial charge in [-0.1, -0.05) is 13.8 Å². The van der Waals surface area contributed by atoms with Crippen molar-refractivity contribution in [1.29, 1.82) is 0 Å². The van der Waals surface area contributed by atoms with E-state index in [1.54, 1.807) is 0 Å². The van der Waals surface area contributed by atoms with Crippen molar-refractivity contribution in [3.63, 3.8) is 0 Å². The number of carbonyl (C=O) groups excluding carboxylic acids is 1. The van der Waals surface area contributed by atoms with Gasteiger partial charge in [-0.25, -0.2) is 8.42 Å². The van der Waals surface area contributed by atoms with E-state index in [1.807, 2.05) is 18.7 Å². The first kappa shape index (κ1) is 15.4. The van der Waals surface area contributed by atoms with E-state index in [9.17, 15) is 13.2 Å². The summed E-state index contributed by atoms with van der Waals surface area (Å²) in [6, 6.07) is -0.215. The molecular formula is C12H24N2O3S. The van der Waals surface area contributed by atoms with Crippen LogP contribution in [0.15, 0.2) is 0 Å². The molecule has 0 spiro atoms. The van der Waals surface area contributed by atoms with Crippen LogP contribution in [0.5, 0.6) is 0 Å². The molecule has 0 radical (unpaired) electrons. The third-order valence-electron chi connectivity index (χ3n) is 3.06. The lowest BCUT2D eigenvalue weighted by Gasteiger charge is -2.27. The molecule has 1 N–H and O–H groups in total. The molecule has 1 amide bonds. The van der Waals surface area contributed by atoms with Gasteiger partial charge in [0.15, 0.2) is 9.84 Å². The van der Waals surface area contributed by atoms with E-state index in [0.29, 0.717) is 13.0 Å². The predicted octanol–water partition coefficient (Wildman–Crippen LogP) is 0.412. The summed E-state index contributed by atoms with van der Waals surface area (Å²) < 4.78 is 23.0. The highest BCUT2D eigenvalue weighted by molar-refractivity contribution is 7.91. The molecule has 1 rings (SSSR count). The van der Waals surface area contributed by atoms with Crippen LogP contribution >= 0.6 is 0 Å². The summed E-state index contributed by atoms with van der Waals surface area (Å²) in [5.74, 6) is 0.337. The van der Waals surface area contributed by atoms with Gasteiger partial charge in [-0.15, -0.1) is 0 Å². The molecule has 1 unspecified atom stereocenters. The SMILES string of the molecule is CCCN(CCC)C(=O)CC1CS(=O)(=O)CCN1. The molecule has 0 aliphatic carbocycles. The summed E-state index contributed by atoms with van der Waals surface area (Å²) in [4.78, 5) is 13.9. The highest BCUT2D eigenvalue weighted by Crippen LogP contribution is 2.08. The molecule has 0 aromatic carbocycles. The summed E-state index contributed by atoms with van der Waals surface area (Å²) in [6.07, 6.45) is 2.16. The highest BCUT2D eigenvalue weighted by Gasteiger charge is 2.27. The predicted molar refractivity (Wildman–Crippen MR) is 72.2 cm³/mol. The van der Waals surface area contributed by atoms with Crippen LogP contribution in [0.4, 0.5) is 0 Å². The number of sulfone groups is 1. The third-order valence-corrected chi connectivity index (χ3v) is 4.80. The number of hydrogen-bond donors (Lipinski definition) is 1. The lowest BCUT2D eigenvalue weighted by atomic mass is 10.2. The maximum absolute atomic E-state index is 12.1. The van der Waals surface area contributed by atoms with Crippen molar-refractivity contribution in [3.8, 4) is 0 Å². The average Bonchev–Trinajstić information content (AvgIpc) is 2.27. The third kappa shape index (κ3) is 4.94. The van der Waals surface area contributed by atoms with Gasteiger partial charge in [0.25, 0.3) is 0 Å². The number of rotatable bonds is 6. The Morgan fingerprint density at radius 1 is 1.28 bits per heavy atom. The Hall–Kier alpha value is -0.620. The molecule has 6 heteroatoms. The quantitative estimate of drug-likeness (QED) is 0.763. The molecule has 0 saturated carbocycles. The van der Waals surface area contributed by atoms with Gasteiger partial charge in [-0.3, -0.25) is 4.79 Å². The van der Waals surface area contributed by atoms with Crippen LogP contribution in [-0.4, -0.2) is 56.4 Å². The smallest absolute Gasteiger partial charge is 0.224 e. The number of amides is 1. The minimum absolute atomic E-state index is 0.0632. The first-order valence-electron chi connectivity index (χ1n) is 6.70. The maximum atomic E-state index is 12.1. The topological polar surface area (TPSA) is 66.5 Å². The van der Waals surface area contributed by atoms with Crippen molar-refractivity contribution in [2.45, 2.75) is 39.2 Å². The molecule has 1 heterocycles. The fourth-order valence-electron chi connectivity index (χ4n) is 2.24. The van der Waals surface area contributed by atoms with Gasteiger partial charge in [-0.2, -0.15) is 0 Å². The van der Waals surface area contributed by atoms with Gasteiger partial charge in [0.2, 0.25) is 5.91 Å². The number of hydrogen-bond acceptors (Lipinski definition) is 4. The lowest BCUT2D eigenvalue weighted by molar-refractivity contribution is -0.131. The van der Waals surface area contributed by atoms with Crippen molar-refractivity contribution in [2.75, 3.05) is 31.1 Å². The van der Waals surface area contributed by atoms with Crippen molar-refractivity contribution in [2.24, 2.45) is 0 Å². The Labute approximate surface area is 110 Å². The molecule has 0 aromatic heterocycles. The van der Waals surface area contributed by atoms with Crippen LogP contribution < -0.4 is 5.32 Å². The van der Waals surface area contributed by atoms with E-state index in [2.05, 4.69) is 5.32 Å².